The maximum absolute atomic E-state index is 8.97. The largest absolute Gasteiger partial charge is 0.491 e. The highest BCUT2D eigenvalue weighted by molar-refractivity contribution is 9.10. The summed E-state index contributed by atoms with van der Waals surface area (Å²) in [7, 11) is 1.82. The van der Waals surface area contributed by atoms with Crippen LogP contribution in [0.5, 0.6) is 5.75 Å². The Balaban J connectivity index is 2.38. The van der Waals surface area contributed by atoms with Crippen LogP contribution in [-0.2, 0) is 7.05 Å². The summed E-state index contributed by atoms with van der Waals surface area (Å²) < 4.78 is 8.02. The van der Waals surface area contributed by atoms with Crippen molar-refractivity contribution in [3.8, 4) is 23.1 Å². The first-order valence-corrected chi connectivity index (χ1v) is 6.72. The maximum atomic E-state index is 8.97. The standard InChI is InChI=1S/C14H14BrN3O/c1-9(2)19-11-6-4-10(5-7-11)14-13(15)12(8-16)17-18(14)3/h4-7,9H,1-3H3. The van der Waals surface area contributed by atoms with E-state index in [-0.39, 0.29) is 6.10 Å². The van der Waals surface area contributed by atoms with Gasteiger partial charge in [-0.3, -0.25) is 4.68 Å². The van der Waals surface area contributed by atoms with Gasteiger partial charge >= 0.3 is 0 Å². The molecule has 0 aliphatic carbocycles. The molecule has 4 nitrogen and oxygen atoms in total. The predicted molar refractivity (Wildman–Crippen MR) is 76.8 cm³/mol. The van der Waals surface area contributed by atoms with Crippen LogP contribution in [0, 0.1) is 11.3 Å². The molecule has 19 heavy (non-hydrogen) atoms. The zero-order valence-electron chi connectivity index (χ0n) is 11.0. The molecule has 0 spiro atoms. The van der Waals surface area contributed by atoms with E-state index >= 15 is 0 Å². The number of benzene rings is 1. The Morgan fingerprint density at radius 3 is 2.42 bits per heavy atom. The summed E-state index contributed by atoms with van der Waals surface area (Å²) in [5, 5.41) is 13.1. The number of ether oxygens (including phenoxy) is 1. The number of nitriles is 1. The molecule has 0 aliphatic rings. The van der Waals surface area contributed by atoms with Gasteiger partial charge in [0.05, 0.1) is 16.3 Å². The Morgan fingerprint density at radius 1 is 1.32 bits per heavy atom. The molecule has 0 bridgehead atoms. The lowest BCUT2D eigenvalue weighted by atomic mass is 10.1. The van der Waals surface area contributed by atoms with Crippen LogP contribution in [0.4, 0.5) is 0 Å². The number of rotatable bonds is 3. The third kappa shape index (κ3) is 2.79. The fraction of sp³-hybridized carbons (Fsp3) is 0.286. The summed E-state index contributed by atoms with van der Waals surface area (Å²) in [6, 6.07) is 9.81. The minimum atomic E-state index is 0.152. The van der Waals surface area contributed by atoms with Crippen molar-refractivity contribution in [2.75, 3.05) is 0 Å². The highest BCUT2D eigenvalue weighted by atomic mass is 79.9. The summed E-state index contributed by atoms with van der Waals surface area (Å²) in [6.07, 6.45) is 0.152. The first-order chi connectivity index (χ1) is 9.02. The molecule has 2 aromatic rings. The molecule has 0 N–H and O–H groups in total. The van der Waals surface area contributed by atoms with E-state index in [1.54, 1.807) is 4.68 Å². The van der Waals surface area contributed by atoms with E-state index in [4.69, 9.17) is 10.00 Å². The minimum Gasteiger partial charge on any atom is -0.491 e. The SMILES string of the molecule is CC(C)Oc1ccc(-c2c(Br)c(C#N)nn2C)cc1. The number of nitrogens with zero attached hydrogens (tertiary/aromatic N) is 3. The topological polar surface area (TPSA) is 50.8 Å². The van der Waals surface area contributed by atoms with Crippen molar-refractivity contribution in [1.82, 2.24) is 9.78 Å². The van der Waals surface area contributed by atoms with Crippen molar-refractivity contribution in [3.63, 3.8) is 0 Å². The van der Waals surface area contributed by atoms with Crippen molar-refractivity contribution >= 4 is 15.9 Å². The van der Waals surface area contributed by atoms with Crippen LogP contribution in [0.2, 0.25) is 0 Å². The Bertz CT molecular complexity index is 623. The van der Waals surface area contributed by atoms with Crippen LogP contribution >= 0.6 is 15.9 Å². The molecule has 1 heterocycles. The van der Waals surface area contributed by atoms with Gasteiger partial charge in [0.1, 0.15) is 11.8 Å². The van der Waals surface area contributed by atoms with Gasteiger partial charge in [-0.2, -0.15) is 10.4 Å². The van der Waals surface area contributed by atoms with E-state index in [0.29, 0.717) is 5.69 Å². The molecule has 0 radical (unpaired) electrons. The second kappa shape index (κ2) is 5.45. The molecule has 0 saturated carbocycles. The summed E-state index contributed by atoms with van der Waals surface area (Å²) in [6.45, 7) is 3.98. The Kier molecular flexibility index (Phi) is 3.91. The van der Waals surface area contributed by atoms with Crippen LogP contribution in [-0.4, -0.2) is 15.9 Å². The smallest absolute Gasteiger partial charge is 0.177 e. The predicted octanol–water partition coefficient (Wildman–Crippen LogP) is 3.51. The molecular weight excluding hydrogens is 306 g/mol. The van der Waals surface area contributed by atoms with Gasteiger partial charge < -0.3 is 4.74 Å². The van der Waals surface area contributed by atoms with Crippen molar-refractivity contribution in [2.24, 2.45) is 7.05 Å². The lowest BCUT2D eigenvalue weighted by Gasteiger charge is -2.10. The van der Waals surface area contributed by atoms with E-state index < -0.39 is 0 Å². The number of hydrogen-bond donors (Lipinski definition) is 0. The van der Waals surface area contributed by atoms with Gasteiger partial charge in [0, 0.05) is 12.6 Å². The molecule has 2 rings (SSSR count). The van der Waals surface area contributed by atoms with E-state index in [9.17, 15) is 0 Å². The Morgan fingerprint density at radius 2 is 1.95 bits per heavy atom. The highest BCUT2D eigenvalue weighted by Gasteiger charge is 2.15. The van der Waals surface area contributed by atoms with Gasteiger partial charge in [-0.1, -0.05) is 0 Å². The fourth-order valence-electron chi connectivity index (χ4n) is 1.85. The zero-order valence-corrected chi connectivity index (χ0v) is 12.6. The quantitative estimate of drug-likeness (QED) is 0.869. The van der Waals surface area contributed by atoms with E-state index in [1.165, 1.54) is 0 Å². The van der Waals surface area contributed by atoms with E-state index in [1.807, 2.05) is 45.2 Å². The van der Waals surface area contributed by atoms with Crippen molar-refractivity contribution in [3.05, 3.63) is 34.4 Å². The van der Waals surface area contributed by atoms with Gasteiger partial charge in [-0.25, -0.2) is 0 Å². The summed E-state index contributed by atoms with van der Waals surface area (Å²) >= 11 is 3.42. The molecular formula is C14H14BrN3O. The lowest BCUT2D eigenvalue weighted by molar-refractivity contribution is 0.242. The molecule has 0 unspecified atom stereocenters. The minimum absolute atomic E-state index is 0.152. The number of aryl methyl sites for hydroxylation is 1. The van der Waals surface area contributed by atoms with Gasteiger partial charge in [-0.15, -0.1) is 0 Å². The monoisotopic (exact) mass is 319 g/mol. The van der Waals surface area contributed by atoms with Crippen molar-refractivity contribution < 1.29 is 4.74 Å². The maximum Gasteiger partial charge on any atom is 0.177 e. The van der Waals surface area contributed by atoms with Crippen LogP contribution < -0.4 is 4.74 Å². The molecule has 1 aromatic heterocycles. The fourth-order valence-corrected chi connectivity index (χ4v) is 2.50. The lowest BCUT2D eigenvalue weighted by Crippen LogP contribution is -2.05. The third-order valence-corrected chi connectivity index (χ3v) is 3.35. The van der Waals surface area contributed by atoms with Gasteiger partial charge in [0.15, 0.2) is 5.69 Å². The molecule has 0 aliphatic heterocycles. The van der Waals surface area contributed by atoms with Crippen molar-refractivity contribution in [1.29, 1.82) is 5.26 Å². The second-order valence-corrected chi connectivity index (χ2v) is 5.23. The van der Waals surface area contributed by atoms with Crippen LogP contribution in [0.15, 0.2) is 28.7 Å². The average molecular weight is 320 g/mol. The first-order valence-electron chi connectivity index (χ1n) is 5.92. The molecule has 0 saturated heterocycles. The average Bonchev–Trinajstić information content (AvgIpc) is 2.65. The Labute approximate surface area is 120 Å². The molecule has 0 amide bonds. The summed E-state index contributed by atoms with van der Waals surface area (Å²) in [4.78, 5) is 0. The molecule has 5 heteroatoms. The van der Waals surface area contributed by atoms with Crippen LogP contribution in [0.1, 0.15) is 19.5 Å². The molecule has 98 valence electrons. The highest BCUT2D eigenvalue weighted by Crippen LogP contribution is 2.31. The molecule has 0 atom stereocenters. The molecule has 1 aromatic carbocycles. The van der Waals surface area contributed by atoms with Crippen LogP contribution in [0.25, 0.3) is 11.3 Å². The van der Waals surface area contributed by atoms with E-state index in [2.05, 4.69) is 27.1 Å². The summed E-state index contributed by atoms with van der Waals surface area (Å²) in [5.41, 5.74) is 2.26. The second-order valence-electron chi connectivity index (χ2n) is 4.44. The van der Waals surface area contributed by atoms with Gasteiger partial charge in [-0.05, 0) is 54.0 Å². The van der Waals surface area contributed by atoms with E-state index in [0.717, 1.165) is 21.5 Å². The van der Waals surface area contributed by atoms with Crippen LogP contribution in [0.3, 0.4) is 0 Å². The Hall–Kier alpha value is -1.80. The number of hydrogen-bond acceptors (Lipinski definition) is 3. The van der Waals surface area contributed by atoms with Gasteiger partial charge in [0.25, 0.3) is 0 Å². The number of halogens is 1. The number of aromatic nitrogens is 2. The van der Waals surface area contributed by atoms with Gasteiger partial charge in [0.2, 0.25) is 0 Å². The molecule has 0 fully saturated rings. The third-order valence-electron chi connectivity index (χ3n) is 2.59. The van der Waals surface area contributed by atoms with Crippen molar-refractivity contribution in [2.45, 2.75) is 20.0 Å². The normalized spacial score (nSPS) is 10.5. The summed E-state index contributed by atoms with van der Waals surface area (Å²) in [5.74, 6) is 0.831. The first kappa shape index (κ1) is 13.6. The zero-order chi connectivity index (χ0) is 14.0.